The van der Waals surface area contributed by atoms with E-state index in [4.69, 9.17) is 0 Å². The van der Waals surface area contributed by atoms with Crippen LogP contribution in [0.1, 0.15) is 0 Å². The third-order valence-corrected chi connectivity index (χ3v) is 0. The summed E-state index contributed by atoms with van der Waals surface area (Å²) in [5, 5.41) is 0. The van der Waals surface area contributed by atoms with E-state index < -0.39 is 0 Å². The summed E-state index contributed by atoms with van der Waals surface area (Å²) in [6.45, 7) is 0. The lowest BCUT2D eigenvalue weighted by molar-refractivity contribution is 0.824. The predicted octanol–water partition coefficient (Wildman–Crippen LogP) is -3.30. The third kappa shape index (κ3) is 16.6. The van der Waals surface area contributed by atoms with Crippen LogP contribution in [0.3, 0.4) is 0 Å². The fourth-order valence-corrected chi connectivity index (χ4v) is 0. The SMILES string of the molecule is N.O.[AlH3].[SiH4]. The molecule has 0 amide bonds. The average molecular weight is 97.2 g/mol. The molecule has 0 radical (unpaired) electrons. The molecule has 0 spiro atoms. The molecule has 0 heterocycles. The van der Waals surface area contributed by atoms with E-state index in [9.17, 15) is 0 Å². The van der Waals surface area contributed by atoms with E-state index in [1.165, 1.54) is 0 Å². The normalized spacial score (nSPS) is 0. The van der Waals surface area contributed by atoms with Gasteiger partial charge in [0.2, 0.25) is 0 Å². The second-order valence-corrected chi connectivity index (χ2v) is 0. The van der Waals surface area contributed by atoms with Gasteiger partial charge in [0.05, 0.1) is 0 Å². The summed E-state index contributed by atoms with van der Waals surface area (Å²) < 4.78 is 0. The fourth-order valence-electron chi connectivity index (χ4n) is 0. The molecule has 30 valence electrons. The van der Waals surface area contributed by atoms with Crippen molar-refractivity contribution < 1.29 is 5.48 Å². The molecule has 0 rings (SSSR count). The van der Waals surface area contributed by atoms with E-state index in [1.807, 2.05) is 0 Å². The minimum atomic E-state index is 0. The lowest BCUT2D eigenvalue weighted by atomic mass is 14.0. The molecule has 0 aliphatic heterocycles. The van der Waals surface area contributed by atoms with Crippen molar-refractivity contribution >= 4 is 28.3 Å². The Labute approximate surface area is 40.6 Å². The molecule has 0 unspecified atom stereocenters. The molecule has 0 aromatic rings. The Bertz CT molecular complexity index is 8.00. The van der Waals surface area contributed by atoms with Gasteiger partial charge >= 0.3 is 0 Å². The lowest BCUT2D eigenvalue weighted by Gasteiger charge is -0.412. The Hall–Kier alpha value is 0.669. The molecule has 2 nitrogen and oxygen atoms in total. The Morgan fingerprint density at radius 1 is 1.00 bits per heavy atom. The van der Waals surface area contributed by atoms with E-state index >= 15 is 0 Å². The van der Waals surface area contributed by atoms with Crippen LogP contribution in [0.4, 0.5) is 0 Å². The van der Waals surface area contributed by atoms with Crippen molar-refractivity contribution in [2.24, 2.45) is 0 Å². The van der Waals surface area contributed by atoms with Crippen LogP contribution >= 0.6 is 0 Å². The highest BCUT2D eigenvalue weighted by atomic mass is 28.1. The average Bonchev–Trinajstić information content (AvgIpc) is 0. The van der Waals surface area contributed by atoms with Crippen LogP contribution < -0.4 is 6.15 Å². The zero-order valence-corrected chi connectivity index (χ0v) is 1.21. The Kier molecular flexibility index (Phi) is 2050. The summed E-state index contributed by atoms with van der Waals surface area (Å²) in [5.41, 5.74) is 0. The zero-order valence-electron chi connectivity index (χ0n) is 1.21. The highest BCUT2D eigenvalue weighted by Gasteiger charge is 0.187. The maximum Gasteiger partial charge on any atom is 0.187 e. The summed E-state index contributed by atoms with van der Waals surface area (Å²) in [6, 6.07) is 0. The van der Waals surface area contributed by atoms with Crippen molar-refractivity contribution in [3.63, 3.8) is 0 Å². The minimum absolute atomic E-state index is 0. The maximum atomic E-state index is 0. The van der Waals surface area contributed by atoms with Gasteiger partial charge in [-0.15, -0.1) is 0 Å². The Balaban J connectivity index is 0. The minimum Gasteiger partial charge on any atom is -0.412 e. The quantitative estimate of drug-likeness (QED) is 0.316. The molecule has 0 atom stereocenters. The predicted molar refractivity (Wildman–Crippen MR) is 29.9 cm³/mol. The topological polar surface area (TPSA) is 66.5 Å². The first kappa shape index (κ1) is 140. The summed E-state index contributed by atoms with van der Waals surface area (Å²) >= 11 is 0. The van der Waals surface area contributed by atoms with Crippen molar-refractivity contribution in [2.75, 3.05) is 0 Å². The molecule has 4 heavy (non-hydrogen) atoms. The van der Waals surface area contributed by atoms with Crippen molar-refractivity contribution in [3.8, 4) is 0 Å². The third-order valence-electron chi connectivity index (χ3n) is 0. The summed E-state index contributed by atoms with van der Waals surface area (Å²) in [6.07, 6.45) is 0. The number of hydrogen-bond donors (Lipinski definition) is 1. The number of rotatable bonds is 0. The van der Waals surface area contributed by atoms with Gasteiger partial charge in [0, 0.05) is 0 Å². The van der Waals surface area contributed by atoms with Gasteiger partial charge in [0.1, 0.15) is 0 Å². The van der Waals surface area contributed by atoms with E-state index in [2.05, 4.69) is 0 Å². The summed E-state index contributed by atoms with van der Waals surface area (Å²) in [7, 11) is 0. The molecule has 5 N–H and O–H groups in total. The molecule has 0 aromatic heterocycles. The number of hydrogen-bond acceptors (Lipinski definition) is 1. The van der Waals surface area contributed by atoms with Gasteiger partial charge in [-0.2, -0.15) is 0 Å². The van der Waals surface area contributed by atoms with Crippen molar-refractivity contribution in [1.82, 2.24) is 6.15 Å². The Morgan fingerprint density at radius 2 is 1.00 bits per heavy atom. The first-order chi connectivity index (χ1) is 0. The van der Waals surface area contributed by atoms with Crippen LogP contribution in [-0.2, 0) is 0 Å². The summed E-state index contributed by atoms with van der Waals surface area (Å²) in [5.74, 6) is 0. The smallest absolute Gasteiger partial charge is 0.187 e. The van der Waals surface area contributed by atoms with Crippen molar-refractivity contribution in [3.05, 3.63) is 0 Å². The molecular formula is H12AlNOSi. The maximum absolute atomic E-state index is 0. The van der Waals surface area contributed by atoms with Gasteiger partial charge in [-0.25, -0.2) is 0 Å². The van der Waals surface area contributed by atoms with Crippen LogP contribution in [0.5, 0.6) is 0 Å². The molecule has 0 fully saturated rings. The fraction of sp³-hybridized carbons (Fsp3) is 0. The van der Waals surface area contributed by atoms with Crippen LogP contribution in [0, 0.1) is 0 Å². The second kappa shape index (κ2) is 58.4. The molecule has 0 saturated carbocycles. The van der Waals surface area contributed by atoms with E-state index in [0.717, 1.165) is 0 Å². The monoisotopic (exact) mass is 97.1 g/mol. The molecule has 0 bridgehead atoms. The van der Waals surface area contributed by atoms with Gasteiger partial charge in [-0.3, -0.25) is 0 Å². The first-order valence-electron chi connectivity index (χ1n) is 0. The van der Waals surface area contributed by atoms with Crippen LogP contribution in [0.2, 0.25) is 0 Å². The highest BCUT2D eigenvalue weighted by molar-refractivity contribution is 5.76. The highest BCUT2D eigenvalue weighted by Crippen LogP contribution is -0.289. The molecule has 0 saturated heterocycles. The zero-order chi connectivity index (χ0) is 0. The molecular weight excluding hydrogens is 85.1 g/mol. The van der Waals surface area contributed by atoms with Crippen LogP contribution in [0.15, 0.2) is 0 Å². The van der Waals surface area contributed by atoms with Gasteiger partial charge in [-0.05, 0) is 11.0 Å². The largest absolute Gasteiger partial charge is 0.412 e. The van der Waals surface area contributed by atoms with Gasteiger partial charge in [0.15, 0.2) is 17.4 Å². The van der Waals surface area contributed by atoms with E-state index in [-0.39, 0.29) is 40.0 Å². The van der Waals surface area contributed by atoms with E-state index in [1.54, 1.807) is 0 Å². The van der Waals surface area contributed by atoms with Gasteiger partial charge < -0.3 is 11.6 Å². The van der Waals surface area contributed by atoms with Crippen molar-refractivity contribution in [1.29, 1.82) is 0 Å². The molecule has 0 aromatic carbocycles. The van der Waals surface area contributed by atoms with Gasteiger partial charge in [-0.1, -0.05) is 0 Å². The Morgan fingerprint density at radius 3 is 1.00 bits per heavy atom. The standard InChI is InChI=1S/Al.H3N.H2O.H4Si.3H/h;1H3;1H2;1H4;;;. The van der Waals surface area contributed by atoms with Gasteiger partial charge in [0.25, 0.3) is 0 Å². The second-order valence-electron chi connectivity index (χ2n) is 0. The lowest BCUT2D eigenvalue weighted by Crippen LogP contribution is -0.481. The molecule has 0 aliphatic carbocycles. The summed E-state index contributed by atoms with van der Waals surface area (Å²) in [4.78, 5) is 0. The van der Waals surface area contributed by atoms with Crippen molar-refractivity contribution in [2.45, 2.75) is 0 Å². The van der Waals surface area contributed by atoms with Crippen LogP contribution in [0.25, 0.3) is 0 Å². The molecule has 4 heteroatoms. The van der Waals surface area contributed by atoms with E-state index in [0.29, 0.717) is 0 Å². The first-order valence-corrected chi connectivity index (χ1v) is 0. The molecule has 0 aliphatic rings. The van der Waals surface area contributed by atoms with Crippen LogP contribution in [-0.4, -0.2) is 33.8 Å².